The maximum atomic E-state index is 14.4. The van der Waals surface area contributed by atoms with E-state index in [1.165, 1.54) is 30.9 Å². The Morgan fingerprint density at radius 1 is 1.17 bits per heavy atom. The summed E-state index contributed by atoms with van der Waals surface area (Å²) >= 11 is 11.8. The lowest BCUT2D eigenvalue weighted by Crippen LogP contribution is -2.17. The lowest BCUT2D eigenvalue weighted by molar-refractivity contribution is -0.137. The Morgan fingerprint density at radius 3 is 2.31 bits per heavy atom. The van der Waals surface area contributed by atoms with Gasteiger partial charge in [-0.05, 0) is 25.1 Å². The highest BCUT2D eigenvalue weighted by Crippen LogP contribution is 2.38. The van der Waals surface area contributed by atoms with E-state index in [1.54, 1.807) is 0 Å². The summed E-state index contributed by atoms with van der Waals surface area (Å²) < 4.78 is 55.9. The molecule has 0 saturated heterocycles. The van der Waals surface area contributed by atoms with Crippen LogP contribution < -0.4 is 5.32 Å². The molecule has 0 radical (unpaired) electrons. The second-order valence-electron chi connectivity index (χ2n) is 5.93. The number of nitrogens with zero attached hydrogens (tertiary/aromatic N) is 4. The minimum Gasteiger partial charge on any atom is -0.317 e. The van der Waals surface area contributed by atoms with Gasteiger partial charge in [0.15, 0.2) is 10.3 Å². The highest BCUT2D eigenvalue weighted by Gasteiger charge is 2.36. The zero-order valence-corrected chi connectivity index (χ0v) is 16.3. The highest BCUT2D eigenvalue weighted by atomic mass is 35.5. The van der Waals surface area contributed by atoms with Gasteiger partial charge in [0, 0.05) is 18.8 Å². The number of carbonyl (C=O) groups is 1. The number of rotatable bonds is 3. The van der Waals surface area contributed by atoms with Gasteiger partial charge in [0.1, 0.15) is 17.3 Å². The van der Waals surface area contributed by atoms with Crippen LogP contribution in [0.1, 0.15) is 21.7 Å². The van der Waals surface area contributed by atoms with Crippen LogP contribution in [0.2, 0.25) is 10.3 Å². The van der Waals surface area contributed by atoms with Crippen molar-refractivity contribution < 1.29 is 22.4 Å². The summed E-state index contributed by atoms with van der Waals surface area (Å²) in [6, 6.07) is 2.33. The first-order valence-electron chi connectivity index (χ1n) is 7.89. The third kappa shape index (κ3) is 4.33. The Bertz CT molecular complexity index is 1090. The van der Waals surface area contributed by atoms with Crippen molar-refractivity contribution in [2.24, 2.45) is 7.05 Å². The summed E-state index contributed by atoms with van der Waals surface area (Å²) in [7, 11) is 1.51. The molecule has 0 unspecified atom stereocenters. The summed E-state index contributed by atoms with van der Waals surface area (Å²) in [5.41, 5.74) is -2.65. The van der Waals surface area contributed by atoms with Gasteiger partial charge < -0.3 is 5.32 Å². The van der Waals surface area contributed by atoms with Crippen LogP contribution in [-0.2, 0) is 13.2 Å². The number of hydrogen-bond acceptors (Lipinski definition) is 4. The molecule has 1 amide bonds. The van der Waals surface area contributed by atoms with Crippen molar-refractivity contribution >= 4 is 34.8 Å². The number of aromatic nitrogens is 4. The topological polar surface area (TPSA) is 72.7 Å². The molecule has 1 N–H and O–H groups in total. The molecule has 3 rings (SSSR count). The van der Waals surface area contributed by atoms with Gasteiger partial charge in [-0.2, -0.15) is 18.3 Å². The van der Waals surface area contributed by atoms with Gasteiger partial charge in [0.25, 0.3) is 5.91 Å². The Labute approximate surface area is 171 Å². The second-order valence-corrected chi connectivity index (χ2v) is 6.65. The monoisotopic (exact) mass is 447 g/mol. The zero-order valence-electron chi connectivity index (χ0n) is 14.8. The molecule has 6 nitrogen and oxygen atoms in total. The second kappa shape index (κ2) is 7.60. The van der Waals surface area contributed by atoms with E-state index in [2.05, 4.69) is 20.4 Å². The summed E-state index contributed by atoms with van der Waals surface area (Å²) in [6.45, 7) is 1.51. The van der Waals surface area contributed by atoms with E-state index in [1.807, 2.05) is 0 Å². The van der Waals surface area contributed by atoms with Gasteiger partial charge in [-0.1, -0.05) is 23.2 Å². The molecule has 0 bridgehead atoms. The maximum Gasteiger partial charge on any atom is 0.417 e. The van der Waals surface area contributed by atoms with Crippen molar-refractivity contribution in [3.8, 4) is 11.3 Å². The number of nitrogens with one attached hydrogen (secondary N) is 1. The fourth-order valence-electron chi connectivity index (χ4n) is 2.54. The Balaban J connectivity index is 2.09. The number of carbonyl (C=O) groups excluding carboxylic acids is 1. The lowest BCUT2D eigenvalue weighted by atomic mass is 9.99. The standard InChI is InChI=1S/C17H11Cl2F4N5O/c1-7-24-14(18)13(15(19)25-7)26-16(29)9-5-8(12-3-4-28(2)27-12)10(6-11(9)20)17(21,22)23/h3-6H,1-2H3,(H,26,29). The van der Waals surface area contributed by atoms with Crippen LogP contribution in [0.5, 0.6) is 0 Å². The Kier molecular flexibility index (Phi) is 5.50. The summed E-state index contributed by atoms with van der Waals surface area (Å²) in [6.07, 6.45) is -3.44. The molecule has 0 fully saturated rings. The van der Waals surface area contributed by atoms with Crippen LogP contribution in [0.15, 0.2) is 24.4 Å². The molecule has 0 atom stereocenters. The molecular formula is C17H11Cl2F4N5O. The summed E-state index contributed by atoms with van der Waals surface area (Å²) in [4.78, 5) is 20.2. The van der Waals surface area contributed by atoms with Gasteiger partial charge >= 0.3 is 6.18 Å². The van der Waals surface area contributed by atoms with Gasteiger partial charge in [-0.25, -0.2) is 14.4 Å². The van der Waals surface area contributed by atoms with Crippen molar-refractivity contribution in [1.29, 1.82) is 0 Å². The van der Waals surface area contributed by atoms with Crippen LogP contribution in [-0.4, -0.2) is 25.7 Å². The van der Waals surface area contributed by atoms with E-state index in [0.717, 1.165) is 6.07 Å². The highest BCUT2D eigenvalue weighted by molar-refractivity contribution is 6.38. The van der Waals surface area contributed by atoms with E-state index in [4.69, 9.17) is 23.2 Å². The quantitative estimate of drug-likeness (QED) is 0.457. The van der Waals surface area contributed by atoms with Crippen molar-refractivity contribution in [3.05, 3.63) is 57.5 Å². The van der Waals surface area contributed by atoms with Gasteiger partial charge in [-0.3, -0.25) is 9.48 Å². The van der Waals surface area contributed by atoms with Crippen molar-refractivity contribution in [2.75, 3.05) is 5.32 Å². The first-order valence-corrected chi connectivity index (χ1v) is 8.64. The molecule has 2 heterocycles. The fraction of sp³-hybridized carbons (Fsp3) is 0.176. The fourth-order valence-corrected chi connectivity index (χ4v) is 3.11. The number of anilines is 1. The molecule has 0 saturated carbocycles. The molecule has 0 aliphatic rings. The molecule has 0 spiro atoms. The number of hydrogen-bond donors (Lipinski definition) is 1. The first kappa shape index (κ1) is 21.0. The average molecular weight is 448 g/mol. The predicted molar refractivity (Wildman–Crippen MR) is 98.3 cm³/mol. The average Bonchev–Trinajstić information content (AvgIpc) is 3.03. The van der Waals surface area contributed by atoms with E-state index in [-0.39, 0.29) is 33.6 Å². The van der Waals surface area contributed by atoms with Gasteiger partial charge in [0.05, 0.1) is 16.8 Å². The third-order valence-electron chi connectivity index (χ3n) is 3.82. The molecule has 0 aliphatic carbocycles. The minimum absolute atomic E-state index is 0.0800. The molecule has 0 aliphatic heterocycles. The van der Waals surface area contributed by atoms with Gasteiger partial charge in [0.2, 0.25) is 0 Å². The SMILES string of the molecule is Cc1nc(Cl)c(NC(=O)c2cc(-c3ccn(C)n3)c(C(F)(F)F)cc2F)c(Cl)n1. The Hall–Kier alpha value is -2.72. The van der Waals surface area contributed by atoms with Crippen LogP contribution in [0, 0.1) is 12.7 Å². The van der Waals surface area contributed by atoms with E-state index in [0.29, 0.717) is 0 Å². The molecular weight excluding hydrogens is 437 g/mol. The summed E-state index contributed by atoms with van der Waals surface area (Å²) in [5.74, 6) is -2.23. The first-order chi connectivity index (χ1) is 13.5. The van der Waals surface area contributed by atoms with Gasteiger partial charge in [-0.15, -0.1) is 0 Å². The smallest absolute Gasteiger partial charge is 0.317 e. The summed E-state index contributed by atoms with van der Waals surface area (Å²) in [5, 5.41) is 5.74. The molecule has 3 aromatic rings. The largest absolute Gasteiger partial charge is 0.417 e. The Morgan fingerprint density at radius 2 is 1.79 bits per heavy atom. The van der Waals surface area contributed by atoms with E-state index >= 15 is 0 Å². The van der Waals surface area contributed by atoms with Crippen LogP contribution in [0.3, 0.4) is 0 Å². The number of amides is 1. The lowest BCUT2D eigenvalue weighted by Gasteiger charge is -2.15. The maximum absolute atomic E-state index is 14.4. The molecule has 12 heteroatoms. The number of benzene rings is 1. The van der Waals surface area contributed by atoms with Crippen molar-refractivity contribution in [1.82, 2.24) is 19.7 Å². The van der Waals surface area contributed by atoms with Crippen LogP contribution in [0.25, 0.3) is 11.3 Å². The normalized spacial score (nSPS) is 11.6. The molecule has 2 aromatic heterocycles. The number of halogens is 6. The van der Waals surface area contributed by atoms with Crippen molar-refractivity contribution in [2.45, 2.75) is 13.1 Å². The van der Waals surface area contributed by atoms with Crippen molar-refractivity contribution in [3.63, 3.8) is 0 Å². The third-order valence-corrected chi connectivity index (χ3v) is 4.36. The van der Waals surface area contributed by atoms with Crippen LogP contribution in [0.4, 0.5) is 23.2 Å². The molecule has 152 valence electrons. The predicted octanol–water partition coefficient (Wildman–Crippen LogP) is 4.90. The molecule has 29 heavy (non-hydrogen) atoms. The zero-order chi connectivity index (χ0) is 21.5. The number of aryl methyl sites for hydroxylation is 2. The van der Waals surface area contributed by atoms with Crippen LogP contribution >= 0.6 is 23.2 Å². The van der Waals surface area contributed by atoms with E-state index < -0.39 is 34.6 Å². The van der Waals surface area contributed by atoms with E-state index in [9.17, 15) is 22.4 Å². The molecule has 1 aromatic carbocycles. The number of alkyl halides is 3. The minimum atomic E-state index is -4.86.